The summed E-state index contributed by atoms with van der Waals surface area (Å²) >= 11 is 0. The molecule has 2 atom stereocenters. The molecule has 9 heteroatoms. The molecule has 0 bridgehead atoms. The Morgan fingerprint density at radius 1 is 0.348 bits per heavy atom. The molecular weight excluding hydrogens is 1100 g/mol. The fourth-order valence-electron chi connectivity index (χ4n) is 11.2. The van der Waals surface area contributed by atoms with Crippen LogP contribution in [0.1, 0.15) is 361 Å². The maximum atomic E-state index is 13.0. The Bertz CT molecular complexity index is 1690. The molecule has 0 aliphatic heterocycles. The van der Waals surface area contributed by atoms with E-state index >= 15 is 0 Å². The number of quaternary nitrogens is 1. The van der Waals surface area contributed by atoms with Crippen LogP contribution in [0.3, 0.4) is 0 Å². The smallest absolute Gasteiger partial charge is 0.306 e. The minimum atomic E-state index is -1.62. The maximum Gasteiger partial charge on any atom is 0.306 e. The van der Waals surface area contributed by atoms with Crippen molar-refractivity contribution in [3.05, 3.63) is 72.9 Å². The number of carboxylic acid groups (broad SMARTS) is 1. The zero-order valence-corrected chi connectivity index (χ0v) is 59.3. The van der Waals surface area contributed by atoms with Gasteiger partial charge in [0, 0.05) is 12.8 Å². The molecule has 0 saturated heterocycles. The van der Waals surface area contributed by atoms with E-state index in [9.17, 15) is 19.5 Å². The van der Waals surface area contributed by atoms with E-state index in [0.29, 0.717) is 23.9 Å². The van der Waals surface area contributed by atoms with Crippen LogP contribution in [0.2, 0.25) is 0 Å². The number of carbonyl (C=O) groups excluding carboxylic acids is 3. The first kappa shape index (κ1) is 85.7. The van der Waals surface area contributed by atoms with Gasteiger partial charge in [-0.25, -0.2) is 0 Å². The van der Waals surface area contributed by atoms with E-state index in [1.165, 1.54) is 263 Å². The van der Waals surface area contributed by atoms with Crippen LogP contribution in [-0.4, -0.2) is 82.3 Å². The minimum Gasteiger partial charge on any atom is -0.545 e. The lowest BCUT2D eigenvalue weighted by atomic mass is 10.0. The third-order valence-electron chi connectivity index (χ3n) is 16.9. The lowest BCUT2D eigenvalue weighted by molar-refractivity contribution is -0.870. The van der Waals surface area contributed by atoms with Gasteiger partial charge in [0.05, 0.1) is 40.3 Å². The third-order valence-corrected chi connectivity index (χ3v) is 16.9. The molecule has 0 aromatic rings. The number of esters is 2. The van der Waals surface area contributed by atoms with Crippen LogP contribution < -0.4 is 5.11 Å². The number of unbranched alkanes of at least 4 members (excludes halogenated alkanes) is 44. The molecule has 89 heavy (non-hydrogen) atoms. The highest BCUT2D eigenvalue weighted by molar-refractivity contribution is 5.70. The molecule has 0 aliphatic carbocycles. The van der Waals surface area contributed by atoms with Crippen LogP contribution >= 0.6 is 0 Å². The largest absolute Gasteiger partial charge is 0.545 e. The third kappa shape index (κ3) is 72.0. The van der Waals surface area contributed by atoms with Crippen LogP contribution in [0, 0.1) is 0 Å². The summed E-state index contributed by atoms with van der Waals surface area (Å²) in [6.07, 6.45) is 91.5. The van der Waals surface area contributed by atoms with E-state index in [0.717, 1.165) is 64.2 Å². The second-order valence-electron chi connectivity index (χ2n) is 26.9. The Labute approximate surface area is 551 Å². The van der Waals surface area contributed by atoms with Crippen LogP contribution in [0.25, 0.3) is 0 Å². The van der Waals surface area contributed by atoms with E-state index in [1.54, 1.807) is 0 Å². The van der Waals surface area contributed by atoms with E-state index in [1.807, 2.05) is 21.1 Å². The molecule has 0 aromatic carbocycles. The predicted molar refractivity (Wildman–Crippen MR) is 380 cm³/mol. The number of carboxylic acids is 1. The number of likely N-dealkylation sites (N-methyl/N-ethyl adjacent to an activating group) is 1. The van der Waals surface area contributed by atoms with Crippen molar-refractivity contribution >= 4 is 17.9 Å². The Kier molecular flexibility index (Phi) is 68.0. The zero-order chi connectivity index (χ0) is 64.7. The first-order chi connectivity index (χ1) is 43.6. The number of rotatable bonds is 71. The van der Waals surface area contributed by atoms with Crippen molar-refractivity contribution < 1.29 is 42.9 Å². The Morgan fingerprint density at radius 2 is 0.640 bits per heavy atom. The number of nitrogens with zero attached hydrogens (tertiary/aromatic N) is 1. The lowest BCUT2D eigenvalue weighted by Gasteiger charge is -2.26. The number of hydrogen-bond acceptors (Lipinski definition) is 8. The molecule has 0 N–H and O–H groups in total. The number of aliphatic carboxylic acids is 1. The molecule has 0 rings (SSSR count). The second kappa shape index (κ2) is 70.6. The molecule has 2 unspecified atom stereocenters. The van der Waals surface area contributed by atoms with E-state index in [2.05, 4.69) is 86.8 Å². The quantitative estimate of drug-likeness (QED) is 0.0195. The number of carbonyl (C=O) groups is 3. The second-order valence-corrected chi connectivity index (χ2v) is 26.9. The van der Waals surface area contributed by atoms with E-state index < -0.39 is 24.3 Å². The van der Waals surface area contributed by atoms with Gasteiger partial charge in [-0.05, 0) is 83.5 Å². The van der Waals surface area contributed by atoms with Crippen LogP contribution in [0.4, 0.5) is 0 Å². The number of allylic oxidation sites excluding steroid dienone is 12. The highest BCUT2D eigenvalue weighted by Gasteiger charge is 2.22. The van der Waals surface area contributed by atoms with Crippen molar-refractivity contribution in [2.45, 2.75) is 373 Å². The fourth-order valence-corrected chi connectivity index (χ4v) is 11.2. The molecule has 0 heterocycles. The average molecular weight is 1250 g/mol. The van der Waals surface area contributed by atoms with Gasteiger partial charge in [-0.2, -0.15) is 0 Å². The minimum absolute atomic E-state index is 0.148. The normalized spacial score (nSPS) is 13.0. The highest BCUT2D eigenvalue weighted by Crippen LogP contribution is 2.19. The monoisotopic (exact) mass is 1250 g/mol. The van der Waals surface area contributed by atoms with Crippen LogP contribution in [0.5, 0.6) is 0 Å². The first-order valence-electron chi connectivity index (χ1n) is 38.1. The topological polar surface area (TPSA) is 111 Å². The summed E-state index contributed by atoms with van der Waals surface area (Å²) in [6.45, 7) is 4.69. The van der Waals surface area contributed by atoms with Crippen LogP contribution in [0.15, 0.2) is 72.9 Å². The molecule has 0 spiro atoms. The van der Waals surface area contributed by atoms with Gasteiger partial charge in [0.15, 0.2) is 12.4 Å². The fraction of sp³-hybridized carbons (Fsp3) is 0.812. The van der Waals surface area contributed by atoms with Gasteiger partial charge in [-0.15, -0.1) is 0 Å². The zero-order valence-electron chi connectivity index (χ0n) is 59.3. The number of hydrogen-bond donors (Lipinski definition) is 0. The highest BCUT2D eigenvalue weighted by atomic mass is 16.7. The van der Waals surface area contributed by atoms with Gasteiger partial charge in [0.1, 0.15) is 13.2 Å². The summed E-state index contributed by atoms with van der Waals surface area (Å²) in [4.78, 5) is 37.6. The van der Waals surface area contributed by atoms with Gasteiger partial charge in [-0.1, -0.05) is 337 Å². The Morgan fingerprint density at radius 3 is 0.966 bits per heavy atom. The molecule has 0 saturated carbocycles. The lowest BCUT2D eigenvalue weighted by Crippen LogP contribution is -2.44. The molecule has 0 aromatic heterocycles. The van der Waals surface area contributed by atoms with Gasteiger partial charge < -0.3 is 33.3 Å². The summed E-state index contributed by atoms with van der Waals surface area (Å²) in [5.41, 5.74) is 0. The summed E-state index contributed by atoms with van der Waals surface area (Å²) < 4.78 is 22.9. The van der Waals surface area contributed by atoms with Gasteiger partial charge in [0.2, 0.25) is 0 Å². The first-order valence-corrected chi connectivity index (χ1v) is 38.1. The predicted octanol–water partition coefficient (Wildman–Crippen LogP) is 22.7. The van der Waals surface area contributed by atoms with Crippen molar-refractivity contribution in [2.75, 3.05) is 47.5 Å². The Hall–Kier alpha value is -3.27. The van der Waals surface area contributed by atoms with Crippen molar-refractivity contribution in [2.24, 2.45) is 0 Å². The molecule has 9 nitrogen and oxygen atoms in total. The molecular formula is C80H145NO8. The summed E-state index contributed by atoms with van der Waals surface area (Å²) in [5, 5.41) is 11.8. The molecule has 0 amide bonds. The van der Waals surface area contributed by atoms with E-state index in [4.69, 9.17) is 18.9 Å². The Balaban J connectivity index is 4.03. The molecule has 0 radical (unpaired) electrons. The number of ether oxygens (including phenoxy) is 4. The van der Waals surface area contributed by atoms with Crippen molar-refractivity contribution in [1.82, 2.24) is 0 Å². The molecule has 518 valence electrons. The standard InChI is InChI=1S/C80H145NO8/c1-6-8-10-12-14-16-18-20-22-24-26-28-30-32-34-36-38-39-41-42-44-46-48-50-52-54-56-58-60-62-64-66-68-70-77(82)87-74-76(75-88-80(79(84)85)86-73-72-81(3,4)5)89-78(83)71-69-67-65-63-61-59-57-55-53-51-49-47-45-43-40-37-35-33-31-29-27-25-23-21-19-17-15-13-11-9-7-2/h9,11,15,17,21,23-24,26-27,29,33,35,76,80H,6-8,10,12-14,16,18-20,22,25,28,30-32,34,36-75H2,1-5H3/b11-9-,17-15-,23-21-,26-24-,29-27-,35-33-. The summed E-state index contributed by atoms with van der Waals surface area (Å²) in [5.74, 6) is -2.26. The van der Waals surface area contributed by atoms with E-state index in [-0.39, 0.29) is 32.2 Å². The summed E-state index contributed by atoms with van der Waals surface area (Å²) in [6, 6.07) is 0. The van der Waals surface area contributed by atoms with Gasteiger partial charge >= 0.3 is 11.9 Å². The molecule has 0 aliphatic rings. The average Bonchev–Trinajstić information content (AvgIpc) is 3.64. The molecule has 0 fully saturated rings. The van der Waals surface area contributed by atoms with Gasteiger partial charge in [0.25, 0.3) is 0 Å². The summed E-state index contributed by atoms with van der Waals surface area (Å²) in [7, 11) is 5.94. The van der Waals surface area contributed by atoms with Gasteiger partial charge in [-0.3, -0.25) is 9.59 Å². The van der Waals surface area contributed by atoms with Crippen molar-refractivity contribution in [1.29, 1.82) is 0 Å². The maximum absolute atomic E-state index is 13.0. The van der Waals surface area contributed by atoms with Crippen LogP contribution in [-0.2, 0) is 33.3 Å². The SMILES string of the molecule is CC/C=C\C/C=C\C/C=C\C/C=C\C/C=C\CCCCCCCCCCCCCCCCCC(=O)OC(COC(=O)CCCCCCCCCCCCCCCCCCCCCCC/C=C\CCCCCCCCCC)COC(OCC[N+](C)(C)C)C(=O)[O-]. The van der Waals surface area contributed by atoms with Crippen molar-refractivity contribution in [3.63, 3.8) is 0 Å². The van der Waals surface area contributed by atoms with Crippen molar-refractivity contribution in [3.8, 4) is 0 Å².